The van der Waals surface area contributed by atoms with Crippen LogP contribution in [0, 0.1) is 5.92 Å². The number of amides is 2. The molecule has 2 heterocycles. The van der Waals surface area contributed by atoms with E-state index in [9.17, 15) is 9.59 Å². The Hall–Kier alpha value is -1.43. The predicted octanol–water partition coefficient (Wildman–Crippen LogP) is 1.83. The summed E-state index contributed by atoms with van der Waals surface area (Å²) in [6, 6.07) is 3.43. The lowest BCUT2D eigenvalue weighted by molar-refractivity contribution is -0.126. The smallest absolute Gasteiger partial charge is 0.254 e. The summed E-state index contributed by atoms with van der Waals surface area (Å²) in [5.74, 6) is 0.136. The Morgan fingerprint density at radius 2 is 2.15 bits per heavy atom. The lowest BCUT2D eigenvalue weighted by Gasteiger charge is -2.31. The molecule has 6 heteroatoms. The van der Waals surface area contributed by atoms with Crippen molar-refractivity contribution in [3.8, 4) is 0 Å². The maximum Gasteiger partial charge on any atom is 0.254 e. The Kier molecular flexibility index (Phi) is 5.11. The molecule has 0 aromatic carbocycles. The van der Waals surface area contributed by atoms with Crippen molar-refractivity contribution in [3.05, 3.63) is 28.5 Å². The highest BCUT2D eigenvalue weighted by atomic mass is 79.9. The van der Waals surface area contributed by atoms with Gasteiger partial charge in [-0.15, -0.1) is 0 Å². The molecule has 1 fully saturated rings. The number of likely N-dealkylation sites (tertiary alicyclic amines) is 1. The number of pyridine rings is 1. The number of nitrogens with zero attached hydrogens (tertiary/aromatic N) is 2. The minimum absolute atomic E-state index is 0.00227. The Morgan fingerprint density at radius 3 is 2.75 bits per heavy atom. The molecule has 1 N–H and O–H groups in total. The van der Waals surface area contributed by atoms with Crippen molar-refractivity contribution in [1.29, 1.82) is 0 Å². The van der Waals surface area contributed by atoms with Crippen LogP contribution in [0.25, 0.3) is 0 Å². The molecule has 0 atom stereocenters. The van der Waals surface area contributed by atoms with Crippen LogP contribution in [-0.4, -0.2) is 41.3 Å². The minimum Gasteiger partial charge on any atom is -0.356 e. The van der Waals surface area contributed by atoms with Gasteiger partial charge in [-0.1, -0.05) is 0 Å². The molecule has 2 rings (SSSR count). The highest BCUT2D eigenvalue weighted by Gasteiger charge is 2.27. The van der Waals surface area contributed by atoms with Gasteiger partial charge < -0.3 is 10.2 Å². The lowest BCUT2D eigenvalue weighted by atomic mass is 9.95. The Balaban J connectivity index is 1.93. The number of piperidine rings is 1. The van der Waals surface area contributed by atoms with Gasteiger partial charge >= 0.3 is 0 Å². The zero-order valence-corrected chi connectivity index (χ0v) is 13.0. The Labute approximate surface area is 126 Å². The van der Waals surface area contributed by atoms with Crippen molar-refractivity contribution in [2.45, 2.75) is 19.8 Å². The maximum atomic E-state index is 12.3. The highest BCUT2D eigenvalue weighted by Crippen LogP contribution is 2.20. The van der Waals surface area contributed by atoms with Gasteiger partial charge in [-0.3, -0.25) is 9.59 Å². The molecule has 0 unspecified atom stereocenters. The summed E-state index contributed by atoms with van der Waals surface area (Å²) in [6.45, 7) is 3.82. The lowest BCUT2D eigenvalue weighted by Crippen LogP contribution is -2.43. The van der Waals surface area contributed by atoms with E-state index in [2.05, 4.69) is 26.2 Å². The van der Waals surface area contributed by atoms with Crippen molar-refractivity contribution in [1.82, 2.24) is 15.2 Å². The third kappa shape index (κ3) is 3.56. The zero-order chi connectivity index (χ0) is 14.5. The van der Waals surface area contributed by atoms with Gasteiger partial charge in [-0.2, -0.15) is 0 Å². The van der Waals surface area contributed by atoms with Gasteiger partial charge in [0, 0.05) is 37.3 Å². The standard InChI is InChI=1S/C14H18BrN3O2/c1-2-16-13(19)10-4-7-18(8-5-10)14(20)11-3-6-17-12(15)9-11/h3,6,9-10H,2,4-5,7-8H2,1H3,(H,16,19). The van der Waals surface area contributed by atoms with Gasteiger partial charge in [0.15, 0.2) is 0 Å². The molecule has 2 amide bonds. The number of rotatable bonds is 3. The number of carbonyl (C=O) groups excluding carboxylic acids is 2. The number of aromatic nitrogens is 1. The van der Waals surface area contributed by atoms with Crippen LogP contribution >= 0.6 is 15.9 Å². The largest absolute Gasteiger partial charge is 0.356 e. The number of hydrogen-bond donors (Lipinski definition) is 1. The molecule has 20 heavy (non-hydrogen) atoms. The average molecular weight is 340 g/mol. The van der Waals surface area contributed by atoms with Crippen LogP contribution in [0.4, 0.5) is 0 Å². The fraction of sp³-hybridized carbons (Fsp3) is 0.500. The molecule has 108 valence electrons. The molecule has 0 bridgehead atoms. The summed E-state index contributed by atoms with van der Waals surface area (Å²) in [6.07, 6.45) is 3.06. The fourth-order valence-corrected chi connectivity index (χ4v) is 2.75. The van der Waals surface area contributed by atoms with Crippen LogP contribution < -0.4 is 5.32 Å². The van der Waals surface area contributed by atoms with Crippen molar-refractivity contribution in [3.63, 3.8) is 0 Å². The maximum absolute atomic E-state index is 12.3. The van der Waals surface area contributed by atoms with Gasteiger partial charge in [-0.25, -0.2) is 4.98 Å². The molecule has 1 aromatic heterocycles. The first-order chi connectivity index (χ1) is 9.61. The van der Waals surface area contributed by atoms with E-state index in [0.717, 1.165) is 12.8 Å². The van der Waals surface area contributed by atoms with Crippen LogP contribution in [0.1, 0.15) is 30.1 Å². The van der Waals surface area contributed by atoms with Crippen LogP contribution in [0.15, 0.2) is 22.9 Å². The first-order valence-corrected chi connectivity index (χ1v) is 7.59. The van der Waals surface area contributed by atoms with Crippen LogP contribution in [0.5, 0.6) is 0 Å². The minimum atomic E-state index is 0.00227. The summed E-state index contributed by atoms with van der Waals surface area (Å²) in [7, 11) is 0. The van der Waals surface area contributed by atoms with Crippen LogP contribution in [-0.2, 0) is 4.79 Å². The summed E-state index contributed by atoms with van der Waals surface area (Å²) in [5, 5.41) is 2.84. The second kappa shape index (κ2) is 6.83. The normalized spacial score (nSPS) is 16.0. The molecule has 0 radical (unpaired) electrons. The first-order valence-electron chi connectivity index (χ1n) is 6.80. The topological polar surface area (TPSA) is 62.3 Å². The van der Waals surface area contributed by atoms with E-state index in [1.54, 1.807) is 23.2 Å². The quantitative estimate of drug-likeness (QED) is 0.854. The third-order valence-electron chi connectivity index (χ3n) is 3.48. The molecular weight excluding hydrogens is 322 g/mol. The second-order valence-electron chi connectivity index (χ2n) is 4.83. The van der Waals surface area contributed by atoms with E-state index < -0.39 is 0 Å². The SMILES string of the molecule is CCNC(=O)C1CCN(C(=O)c2ccnc(Br)c2)CC1. The van der Waals surface area contributed by atoms with Crippen LogP contribution in [0.2, 0.25) is 0 Å². The average Bonchev–Trinajstić information content (AvgIpc) is 2.47. The Bertz CT molecular complexity index is 499. The summed E-state index contributed by atoms with van der Waals surface area (Å²) in [5.41, 5.74) is 0.628. The number of nitrogens with one attached hydrogen (secondary N) is 1. The van der Waals surface area contributed by atoms with Gasteiger partial charge in [0.25, 0.3) is 5.91 Å². The van der Waals surface area contributed by atoms with E-state index >= 15 is 0 Å². The molecule has 0 saturated carbocycles. The van der Waals surface area contributed by atoms with Gasteiger partial charge in [0.1, 0.15) is 4.60 Å². The number of hydrogen-bond acceptors (Lipinski definition) is 3. The van der Waals surface area contributed by atoms with Crippen LogP contribution in [0.3, 0.4) is 0 Å². The molecule has 1 aromatic rings. The zero-order valence-electron chi connectivity index (χ0n) is 11.4. The molecular formula is C14H18BrN3O2. The summed E-state index contributed by atoms with van der Waals surface area (Å²) < 4.78 is 0.653. The molecule has 0 spiro atoms. The van der Waals surface area contributed by atoms with Gasteiger partial charge in [-0.05, 0) is 47.8 Å². The second-order valence-corrected chi connectivity index (χ2v) is 5.64. The summed E-state index contributed by atoms with van der Waals surface area (Å²) in [4.78, 5) is 29.9. The van der Waals surface area contributed by atoms with Crippen molar-refractivity contribution in [2.24, 2.45) is 5.92 Å². The van der Waals surface area contributed by atoms with Crippen molar-refractivity contribution < 1.29 is 9.59 Å². The molecule has 5 nitrogen and oxygen atoms in total. The Morgan fingerprint density at radius 1 is 1.45 bits per heavy atom. The number of carbonyl (C=O) groups is 2. The fourth-order valence-electron chi connectivity index (χ4n) is 2.38. The van der Waals surface area contributed by atoms with Gasteiger partial charge in [0.2, 0.25) is 5.91 Å². The highest BCUT2D eigenvalue weighted by molar-refractivity contribution is 9.10. The molecule has 0 aliphatic carbocycles. The third-order valence-corrected chi connectivity index (χ3v) is 3.91. The predicted molar refractivity (Wildman–Crippen MR) is 79.2 cm³/mol. The van der Waals surface area contributed by atoms with E-state index in [1.807, 2.05) is 6.92 Å². The van der Waals surface area contributed by atoms with E-state index in [1.165, 1.54) is 0 Å². The van der Waals surface area contributed by atoms with E-state index in [-0.39, 0.29) is 17.7 Å². The molecule has 1 aliphatic heterocycles. The van der Waals surface area contributed by atoms with Gasteiger partial charge in [0.05, 0.1) is 0 Å². The molecule has 1 aliphatic rings. The van der Waals surface area contributed by atoms with Crippen molar-refractivity contribution in [2.75, 3.05) is 19.6 Å². The molecule has 1 saturated heterocycles. The monoisotopic (exact) mass is 339 g/mol. The van der Waals surface area contributed by atoms with E-state index in [4.69, 9.17) is 0 Å². The van der Waals surface area contributed by atoms with E-state index in [0.29, 0.717) is 29.8 Å². The number of halogens is 1. The summed E-state index contributed by atoms with van der Waals surface area (Å²) >= 11 is 3.27. The first kappa shape index (κ1) is 15.0. The van der Waals surface area contributed by atoms with Crippen molar-refractivity contribution >= 4 is 27.7 Å².